The van der Waals surface area contributed by atoms with Gasteiger partial charge in [-0.15, -0.1) is 0 Å². The van der Waals surface area contributed by atoms with Crippen LogP contribution in [-0.4, -0.2) is 49.8 Å². The van der Waals surface area contributed by atoms with Gasteiger partial charge in [-0.25, -0.2) is 0 Å². The smallest absolute Gasteiger partial charge is 0.0707 e. The van der Waals surface area contributed by atoms with Gasteiger partial charge in [0, 0.05) is 13.1 Å². The van der Waals surface area contributed by atoms with E-state index in [0.29, 0.717) is 12.2 Å². The molecule has 0 aromatic rings. The number of hydrogen-bond acceptors (Lipinski definition) is 3. The number of rotatable bonds is 6. The Balaban J connectivity index is 1.59. The molecule has 0 aliphatic carbocycles. The average Bonchev–Trinajstić information content (AvgIpc) is 2.91. The summed E-state index contributed by atoms with van der Waals surface area (Å²) in [6, 6.07) is 0. The minimum Gasteiger partial charge on any atom is -0.372 e. The second-order valence-corrected chi connectivity index (χ2v) is 5.17. The monoisotopic (exact) mass is 226 g/mol. The summed E-state index contributed by atoms with van der Waals surface area (Å²) in [5.74, 6) is 0. The van der Waals surface area contributed by atoms with Gasteiger partial charge in [-0.1, -0.05) is 6.92 Å². The van der Waals surface area contributed by atoms with E-state index in [1.54, 1.807) is 0 Å². The van der Waals surface area contributed by atoms with Crippen molar-refractivity contribution < 1.29 is 4.74 Å². The minimum atomic E-state index is 0.471. The molecule has 2 rings (SSSR count). The summed E-state index contributed by atoms with van der Waals surface area (Å²) in [6.45, 7) is 8.13. The summed E-state index contributed by atoms with van der Waals surface area (Å²) < 4.78 is 6.07. The minimum absolute atomic E-state index is 0.471. The van der Waals surface area contributed by atoms with Crippen LogP contribution >= 0.6 is 0 Å². The molecule has 2 saturated heterocycles. The number of likely N-dealkylation sites (tertiary alicyclic amines) is 1. The van der Waals surface area contributed by atoms with Gasteiger partial charge >= 0.3 is 0 Å². The summed E-state index contributed by atoms with van der Waals surface area (Å²) in [7, 11) is 0. The van der Waals surface area contributed by atoms with Crippen LogP contribution in [0.4, 0.5) is 0 Å². The van der Waals surface area contributed by atoms with Crippen molar-refractivity contribution in [3.63, 3.8) is 0 Å². The van der Waals surface area contributed by atoms with Crippen LogP contribution in [-0.2, 0) is 4.74 Å². The lowest BCUT2D eigenvalue weighted by Crippen LogP contribution is -2.32. The average molecular weight is 226 g/mol. The molecule has 0 saturated carbocycles. The number of ether oxygens (including phenoxy) is 1. The zero-order valence-electron chi connectivity index (χ0n) is 10.6. The molecule has 2 fully saturated rings. The van der Waals surface area contributed by atoms with Gasteiger partial charge in [0.25, 0.3) is 0 Å². The van der Waals surface area contributed by atoms with E-state index in [0.717, 1.165) is 13.1 Å². The van der Waals surface area contributed by atoms with Gasteiger partial charge in [0.2, 0.25) is 0 Å². The van der Waals surface area contributed by atoms with Gasteiger partial charge in [-0.3, -0.25) is 0 Å². The summed E-state index contributed by atoms with van der Waals surface area (Å²) in [6.07, 6.45) is 7.46. The van der Waals surface area contributed by atoms with E-state index in [1.807, 2.05) is 0 Å². The Labute approximate surface area is 99.5 Å². The molecule has 0 radical (unpaired) electrons. The fraction of sp³-hybridized carbons (Fsp3) is 1.00. The lowest BCUT2D eigenvalue weighted by molar-refractivity contribution is 0.0276. The topological polar surface area (TPSA) is 24.5 Å². The predicted octanol–water partition coefficient (Wildman–Crippen LogP) is 1.63. The summed E-state index contributed by atoms with van der Waals surface area (Å²) in [5, 5.41) is 3.45. The van der Waals surface area contributed by atoms with Gasteiger partial charge in [0.05, 0.1) is 12.2 Å². The fourth-order valence-electron chi connectivity index (χ4n) is 2.76. The molecule has 0 amide bonds. The Morgan fingerprint density at radius 3 is 2.69 bits per heavy atom. The number of hydrogen-bond donors (Lipinski definition) is 1. The predicted molar refractivity (Wildman–Crippen MR) is 66.7 cm³/mol. The Morgan fingerprint density at radius 2 is 1.94 bits per heavy atom. The van der Waals surface area contributed by atoms with Crippen LogP contribution in [0.25, 0.3) is 0 Å². The molecule has 94 valence electrons. The van der Waals surface area contributed by atoms with Crippen molar-refractivity contribution >= 4 is 0 Å². The SMILES string of the molecule is CCCNCC1CCC(CN2CCCC2)O1. The molecule has 1 N–H and O–H groups in total. The van der Waals surface area contributed by atoms with Crippen molar-refractivity contribution in [3.05, 3.63) is 0 Å². The third kappa shape index (κ3) is 3.72. The molecule has 2 aliphatic heterocycles. The standard InChI is InChI=1S/C13H26N2O/c1-2-7-14-10-12-5-6-13(16-12)11-15-8-3-4-9-15/h12-14H,2-11H2,1H3. The Bertz CT molecular complexity index is 192. The maximum atomic E-state index is 6.07. The zero-order chi connectivity index (χ0) is 11.2. The van der Waals surface area contributed by atoms with Crippen LogP contribution in [0.5, 0.6) is 0 Å². The zero-order valence-corrected chi connectivity index (χ0v) is 10.6. The van der Waals surface area contributed by atoms with Crippen molar-refractivity contribution in [1.29, 1.82) is 0 Å². The molecule has 3 nitrogen and oxygen atoms in total. The maximum absolute atomic E-state index is 6.07. The summed E-state index contributed by atoms with van der Waals surface area (Å²) in [5.41, 5.74) is 0. The maximum Gasteiger partial charge on any atom is 0.0707 e. The molecule has 0 bridgehead atoms. The quantitative estimate of drug-likeness (QED) is 0.697. The third-order valence-electron chi connectivity index (χ3n) is 3.65. The van der Waals surface area contributed by atoms with Gasteiger partial charge in [-0.2, -0.15) is 0 Å². The molecular weight excluding hydrogens is 200 g/mol. The van der Waals surface area contributed by atoms with E-state index in [4.69, 9.17) is 4.74 Å². The van der Waals surface area contributed by atoms with E-state index in [1.165, 1.54) is 51.7 Å². The first-order valence-corrected chi connectivity index (χ1v) is 6.97. The normalized spacial score (nSPS) is 31.3. The van der Waals surface area contributed by atoms with E-state index < -0.39 is 0 Å². The van der Waals surface area contributed by atoms with Crippen molar-refractivity contribution in [2.75, 3.05) is 32.7 Å². The van der Waals surface area contributed by atoms with Crippen LogP contribution < -0.4 is 5.32 Å². The first-order valence-electron chi connectivity index (χ1n) is 6.97. The first kappa shape index (κ1) is 12.3. The van der Waals surface area contributed by atoms with E-state index in [9.17, 15) is 0 Å². The largest absolute Gasteiger partial charge is 0.372 e. The van der Waals surface area contributed by atoms with Crippen molar-refractivity contribution in [1.82, 2.24) is 10.2 Å². The second kappa shape index (κ2) is 6.58. The Kier molecular flexibility index (Phi) is 5.07. The number of nitrogens with zero attached hydrogens (tertiary/aromatic N) is 1. The van der Waals surface area contributed by atoms with E-state index in [2.05, 4.69) is 17.1 Å². The molecule has 0 aromatic heterocycles. The highest BCUT2D eigenvalue weighted by atomic mass is 16.5. The molecule has 2 aliphatic rings. The third-order valence-corrected chi connectivity index (χ3v) is 3.65. The van der Waals surface area contributed by atoms with Gasteiger partial charge in [0.1, 0.15) is 0 Å². The second-order valence-electron chi connectivity index (χ2n) is 5.17. The van der Waals surface area contributed by atoms with Gasteiger partial charge in [-0.05, 0) is 51.7 Å². The summed E-state index contributed by atoms with van der Waals surface area (Å²) in [4.78, 5) is 2.56. The molecule has 0 aromatic carbocycles. The lowest BCUT2D eigenvalue weighted by atomic mass is 10.2. The van der Waals surface area contributed by atoms with Crippen molar-refractivity contribution in [2.24, 2.45) is 0 Å². The molecule has 2 atom stereocenters. The van der Waals surface area contributed by atoms with Crippen LogP contribution in [0.1, 0.15) is 39.0 Å². The van der Waals surface area contributed by atoms with Gasteiger partial charge in [0.15, 0.2) is 0 Å². The molecule has 0 spiro atoms. The van der Waals surface area contributed by atoms with Crippen LogP contribution in [0.3, 0.4) is 0 Å². The van der Waals surface area contributed by atoms with Crippen LogP contribution in [0.15, 0.2) is 0 Å². The lowest BCUT2D eigenvalue weighted by Gasteiger charge is -2.20. The highest BCUT2D eigenvalue weighted by Gasteiger charge is 2.27. The van der Waals surface area contributed by atoms with E-state index in [-0.39, 0.29) is 0 Å². The van der Waals surface area contributed by atoms with E-state index >= 15 is 0 Å². The molecule has 16 heavy (non-hydrogen) atoms. The summed E-state index contributed by atoms with van der Waals surface area (Å²) >= 11 is 0. The van der Waals surface area contributed by atoms with Crippen LogP contribution in [0, 0.1) is 0 Å². The Morgan fingerprint density at radius 1 is 1.19 bits per heavy atom. The fourth-order valence-corrected chi connectivity index (χ4v) is 2.76. The highest BCUT2D eigenvalue weighted by Crippen LogP contribution is 2.21. The first-order chi connectivity index (χ1) is 7.88. The molecular formula is C13H26N2O. The molecule has 2 unspecified atom stereocenters. The van der Waals surface area contributed by atoms with Crippen molar-refractivity contribution in [3.8, 4) is 0 Å². The van der Waals surface area contributed by atoms with Crippen molar-refractivity contribution in [2.45, 2.75) is 51.2 Å². The molecule has 3 heteroatoms. The van der Waals surface area contributed by atoms with Gasteiger partial charge < -0.3 is 15.0 Å². The molecule has 2 heterocycles. The highest BCUT2D eigenvalue weighted by molar-refractivity contribution is 4.79. The Hall–Kier alpha value is -0.120. The number of nitrogens with one attached hydrogen (secondary N) is 1. The van der Waals surface area contributed by atoms with Crippen LogP contribution in [0.2, 0.25) is 0 Å².